The molecule has 0 unspecified atom stereocenters. The summed E-state index contributed by atoms with van der Waals surface area (Å²) in [6.07, 6.45) is -3.33. The van der Waals surface area contributed by atoms with Gasteiger partial charge in [0.2, 0.25) is 0 Å². The number of nitrogens with zero attached hydrogens (tertiary/aromatic N) is 2. The van der Waals surface area contributed by atoms with Gasteiger partial charge in [0.05, 0.1) is 0 Å². The van der Waals surface area contributed by atoms with Crippen molar-refractivity contribution in [2.75, 3.05) is 5.32 Å². The molecule has 0 saturated carbocycles. The van der Waals surface area contributed by atoms with Crippen LogP contribution in [0.1, 0.15) is 30.7 Å². The van der Waals surface area contributed by atoms with Gasteiger partial charge >= 0.3 is 6.18 Å². The van der Waals surface area contributed by atoms with E-state index in [9.17, 15) is 18.0 Å². The summed E-state index contributed by atoms with van der Waals surface area (Å²) in [4.78, 5) is 12.5. The highest BCUT2D eigenvalue weighted by molar-refractivity contribution is 5.96. The molecule has 0 aliphatic heterocycles. The van der Waals surface area contributed by atoms with Crippen molar-refractivity contribution < 1.29 is 18.0 Å². The van der Waals surface area contributed by atoms with Gasteiger partial charge in [-0.25, -0.2) is 0 Å². The Morgan fingerprint density at radius 2 is 1.83 bits per heavy atom. The zero-order valence-corrected chi connectivity index (χ0v) is 13.6. The number of carbonyl (C=O) groups excluding carboxylic acids is 1. The summed E-state index contributed by atoms with van der Waals surface area (Å²) in [5.74, 6) is -0.473. The molecular formula is C16H19F3N4O. The molecule has 2 rings (SSSR count). The van der Waals surface area contributed by atoms with E-state index in [1.165, 1.54) is 27.0 Å². The number of aryl methyl sites for hydroxylation is 1. The van der Waals surface area contributed by atoms with Gasteiger partial charge in [-0.3, -0.25) is 9.48 Å². The van der Waals surface area contributed by atoms with Crippen LogP contribution in [-0.2, 0) is 23.1 Å². The van der Waals surface area contributed by atoms with Crippen LogP contribution in [-0.4, -0.2) is 15.7 Å². The molecule has 0 spiro atoms. The van der Waals surface area contributed by atoms with Gasteiger partial charge in [-0.05, 0) is 44.0 Å². The molecule has 2 aromatic rings. The van der Waals surface area contributed by atoms with Gasteiger partial charge in [0.25, 0.3) is 5.91 Å². The predicted molar refractivity (Wildman–Crippen MR) is 84.3 cm³/mol. The van der Waals surface area contributed by atoms with Crippen LogP contribution in [0.5, 0.6) is 0 Å². The first-order valence-corrected chi connectivity index (χ1v) is 7.30. The Morgan fingerprint density at radius 3 is 2.29 bits per heavy atom. The summed E-state index contributed by atoms with van der Waals surface area (Å²) in [5.41, 5.74) is 4.63. The number of carbonyl (C=O) groups is 1. The van der Waals surface area contributed by atoms with Crippen LogP contribution < -0.4 is 11.1 Å². The van der Waals surface area contributed by atoms with Crippen molar-refractivity contribution in [1.82, 2.24) is 9.78 Å². The first kappa shape index (κ1) is 18.0. The molecule has 0 aliphatic carbocycles. The maximum atomic E-state index is 12.9. The van der Waals surface area contributed by atoms with Crippen LogP contribution in [0.2, 0.25) is 0 Å². The molecule has 0 atom stereocenters. The highest BCUT2D eigenvalue weighted by Crippen LogP contribution is 2.31. The van der Waals surface area contributed by atoms with E-state index in [-0.39, 0.29) is 5.56 Å². The van der Waals surface area contributed by atoms with Gasteiger partial charge in [0.15, 0.2) is 5.69 Å². The third kappa shape index (κ3) is 3.59. The van der Waals surface area contributed by atoms with E-state index >= 15 is 0 Å². The van der Waals surface area contributed by atoms with E-state index in [0.717, 1.165) is 10.2 Å². The van der Waals surface area contributed by atoms with Crippen molar-refractivity contribution in [2.45, 2.75) is 39.0 Å². The number of amides is 1. The number of rotatable bonds is 4. The van der Waals surface area contributed by atoms with Gasteiger partial charge in [-0.2, -0.15) is 18.3 Å². The number of nitrogens with two attached hydrogens (primary N) is 1. The van der Waals surface area contributed by atoms with Gasteiger partial charge in [-0.1, -0.05) is 12.1 Å². The Balaban J connectivity index is 2.24. The predicted octanol–water partition coefficient (Wildman–Crippen LogP) is 3.04. The van der Waals surface area contributed by atoms with Crippen LogP contribution in [0.15, 0.2) is 30.5 Å². The highest BCUT2D eigenvalue weighted by Gasteiger charge is 2.39. The molecule has 1 amide bonds. The molecule has 1 aromatic carbocycles. The molecule has 130 valence electrons. The molecule has 8 heteroatoms. The van der Waals surface area contributed by atoms with Gasteiger partial charge in [0, 0.05) is 18.4 Å². The summed E-state index contributed by atoms with van der Waals surface area (Å²) >= 11 is 0. The molecule has 0 fully saturated rings. The van der Waals surface area contributed by atoms with Gasteiger partial charge in [0.1, 0.15) is 5.54 Å². The number of aromatic nitrogens is 2. The lowest BCUT2D eigenvalue weighted by atomic mass is 10.0. The zero-order valence-electron chi connectivity index (χ0n) is 13.6. The molecule has 0 bridgehead atoms. The largest absolute Gasteiger partial charge is 0.435 e. The molecule has 1 heterocycles. The minimum atomic E-state index is -4.56. The van der Waals surface area contributed by atoms with Crippen molar-refractivity contribution in [3.8, 4) is 0 Å². The standard InChI is InChI=1S/C16H19F3N4O/c1-10-9-23(22-13(10)16(17,18)19)15(2,3)14(24)21-12-6-4-11(8-20)5-7-12/h4-7,9H,8,20H2,1-3H3,(H,21,24). The first-order chi connectivity index (χ1) is 11.1. The molecule has 3 N–H and O–H groups in total. The quantitative estimate of drug-likeness (QED) is 0.898. The minimum absolute atomic E-state index is 0.0318. The second-order valence-corrected chi connectivity index (χ2v) is 6.02. The van der Waals surface area contributed by atoms with E-state index < -0.39 is 23.3 Å². The van der Waals surface area contributed by atoms with Crippen molar-refractivity contribution in [2.24, 2.45) is 5.73 Å². The number of alkyl halides is 3. The Morgan fingerprint density at radius 1 is 1.25 bits per heavy atom. The van der Waals surface area contributed by atoms with Crippen LogP contribution >= 0.6 is 0 Å². The molecule has 5 nitrogen and oxygen atoms in total. The Kier molecular flexibility index (Phi) is 4.70. The van der Waals surface area contributed by atoms with Gasteiger partial charge < -0.3 is 11.1 Å². The molecule has 0 saturated heterocycles. The highest BCUT2D eigenvalue weighted by atomic mass is 19.4. The fourth-order valence-electron chi connectivity index (χ4n) is 2.14. The Labute approximate surface area is 137 Å². The summed E-state index contributed by atoms with van der Waals surface area (Å²) in [7, 11) is 0. The average molecular weight is 340 g/mol. The zero-order chi connectivity index (χ0) is 18.1. The SMILES string of the molecule is Cc1cn(C(C)(C)C(=O)Nc2ccc(CN)cc2)nc1C(F)(F)F. The Hall–Kier alpha value is -2.35. The van der Waals surface area contributed by atoms with Gasteiger partial charge in [-0.15, -0.1) is 0 Å². The fraction of sp³-hybridized carbons (Fsp3) is 0.375. The summed E-state index contributed by atoms with van der Waals surface area (Å²) < 4.78 is 39.7. The molecule has 24 heavy (non-hydrogen) atoms. The summed E-state index contributed by atoms with van der Waals surface area (Å²) in [5, 5.41) is 6.23. The fourth-order valence-corrected chi connectivity index (χ4v) is 2.14. The average Bonchev–Trinajstić information content (AvgIpc) is 2.91. The number of hydrogen-bond acceptors (Lipinski definition) is 3. The first-order valence-electron chi connectivity index (χ1n) is 7.30. The van der Waals surface area contributed by atoms with Crippen LogP contribution in [0.4, 0.5) is 18.9 Å². The van der Waals surface area contributed by atoms with E-state index in [4.69, 9.17) is 5.73 Å². The number of benzene rings is 1. The van der Waals surface area contributed by atoms with Crippen molar-refractivity contribution >= 4 is 11.6 Å². The number of anilines is 1. The second kappa shape index (κ2) is 6.27. The smallest absolute Gasteiger partial charge is 0.326 e. The van der Waals surface area contributed by atoms with Crippen molar-refractivity contribution in [3.63, 3.8) is 0 Å². The van der Waals surface area contributed by atoms with E-state index in [0.29, 0.717) is 12.2 Å². The lowest BCUT2D eigenvalue weighted by molar-refractivity contribution is -0.142. The number of hydrogen-bond donors (Lipinski definition) is 2. The maximum Gasteiger partial charge on any atom is 0.435 e. The summed E-state index contributed by atoms with van der Waals surface area (Å²) in [6.45, 7) is 4.70. The van der Waals surface area contributed by atoms with Crippen LogP contribution in [0.3, 0.4) is 0 Å². The van der Waals surface area contributed by atoms with E-state index in [1.807, 2.05) is 0 Å². The molecule has 1 aromatic heterocycles. The lowest BCUT2D eigenvalue weighted by Crippen LogP contribution is -2.40. The van der Waals surface area contributed by atoms with Crippen LogP contribution in [0, 0.1) is 6.92 Å². The third-order valence-corrected chi connectivity index (χ3v) is 3.74. The van der Waals surface area contributed by atoms with Crippen molar-refractivity contribution in [3.05, 3.63) is 47.3 Å². The van der Waals surface area contributed by atoms with E-state index in [2.05, 4.69) is 10.4 Å². The molecule has 0 radical (unpaired) electrons. The minimum Gasteiger partial charge on any atom is -0.326 e. The normalized spacial score (nSPS) is 12.3. The Bertz CT molecular complexity index is 733. The number of halogens is 3. The molecular weight excluding hydrogens is 321 g/mol. The van der Waals surface area contributed by atoms with E-state index in [1.54, 1.807) is 24.3 Å². The topological polar surface area (TPSA) is 72.9 Å². The third-order valence-electron chi connectivity index (χ3n) is 3.74. The maximum absolute atomic E-state index is 12.9. The lowest BCUT2D eigenvalue weighted by Gasteiger charge is -2.24. The monoisotopic (exact) mass is 340 g/mol. The van der Waals surface area contributed by atoms with Crippen LogP contribution in [0.25, 0.3) is 0 Å². The molecule has 0 aliphatic rings. The van der Waals surface area contributed by atoms with Crippen molar-refractivity contribution in [1.29, 1.82) is 0 Å². The number of nitrogens with one attached hydrogen (secondary N) is 1. The summed E-state index contributed by atoms with van der Waals surface area (Å²) in [6, 6.07) is 6.90. The second-order valence-electron chi connectivity index (χ2n) is 6.02.